The van der Waals surface area contributed by atoms with Crippen molar-refractivity contribution in [2.75, 3.05) is 7.11 Å². The molecule has 0 bridgehead atoms. The fourth-order valence-electron chi connectivity index (χ4n) is 1.88. The second kappa shape index (κ2) is 7.49. The number of methoxy groups -OCH3 is 1. The molecule has 22 heavy (non-hydrogen) atoms. The van der Waals surface area contributed by atoms with Crippen molar-refractivity contribution in [3.8, 4) is 11.5 Å². The lowest BCUT2D eigenvalue weighted by Gasteiger charge is -2.11. The molecule has 2 aromatic carbocycles. The first-order valence-electron chi connectivity index (χ1n) is 6.55. The number of rotatable bonds is 5. The summed E-state index contributed by atoms with van der Waals surface area (Å²) >= 11 is 12.1. The van der Waals surface area contributed by atoms with Crippen LogP contribution in [0.3, 0.4) is 0 Å². The Labute approximate surface area is 138 Å². The number of nitrogens with two attached hydrogens (primary N) is 1. The largest absolute Gasteiger partial charge is 0.468 e. The van der Waals surface area contributed by atoms with Gasteiger partial charge in [-0.05, 0) is 36.2 Å². The molecule has 0 aliphatic heterocycles. The van der Waals surface area contributed by atoms with Crippen molar-refractivity contribution < 1.29 is 14.3 Å². The summed E-state index contributed by atoms with van der Waals surface area (Å²) in [5.41, 5.74) is 6.62. The van der Waals surface area contributed by atoms with E-state index >= 15 is 0 Å². The van der Waals surface area contributed by atoms with E-state index in [1.54, 1.807) is 30.3 Å². The molecule has 2 aromatic rings. The monoisotopic (exact) mass is 339 g/mol. The highest BCUT2D eigenvalue weighted by molar-refractivity contribution is 6.37. The molecule has 1 atom stereocenters. The molecule has 0 aliphatic rings. The van der Waals surface area contributed by atoms with Gasteiger partial charge in [-0.1, -0.05) is 41.4 Å². The van der Waals surface area contributed by atoms with Crippen LogP contribution in [-0.2, 0) is 16.0 Å². The molecular formula is C16H15Cl2NO3. The van der Waals surface area contributed by atoms with Gasteiger partial charge in [0.1, 0.15) is 11.8 Å². The smallest absolute Gasteiger partial charge is 0.322 e. The minimum Gasteiger partial charge on any atom is -0.468 e. The number of hydrogen-bond acceptors (Lipinski definition) is 4. The van der Waals surface area contributed by atoms with Crippen LogP contribution in [0.25, 0.3) is 0 Å². The Morgan fingerprint density at radius 1 is 1.14 bits per heavy atom. The Morgan fingerprint density at radius 3 is 2.27 bits per heavy atom. The zero-order valence-electron chi connectivity index (χ0n) is 11.9. The van der Waals surface area contributed by atoms with E-state index < -0.39 is 12.0 Å². The van der Waals surface area contributed by atoms with E-state index in [1.807, 2.05) is 12.1 Å². The van der Waals surface area contributed by atoms with Gasteiger partial charge >= 0.3 is 5.97 Å². The van der Waals surface area contributed by atoms with Gasteiger partial charge in [0, 0.05) is 0 Å². The molecule has 0 amide bonds. The third-order valence-corrected chi connectivity index (χ3v) is 3.62. The lowest BCUT2D eigenvalue weighted by atomic mass is 10.1. The zero-order chi connectivity index (χ0) is 16.1. The summed E-state index contributed by atoms with van der Waals surface area (Å²) in [6.45, 7) is 0. The van der Waals surface area contributed by atoms with Gasteiger partial charge in [0.15, 0.2) is 5.75 Å². The van der Waals surface area contributed by atoms with Crippen LogP contribution in [0, 0.1) is 0 Å². The third-order valence-electron chi connectivity index (χ3n) is 3.02. The van der Waals surface area contributed by atoms with Crippen LogP contribution < -0.4 is 10.5 Å². The molecule has 0 saturated heterocycles. The van der Waals surface area contributed by atoms with Crippen molar-refractivity contribution in [2.24, 2.45) is 5.73 Å². The number of benzene rings is 2. The first-order valence-corrected chi connectivity index (χ1v) is 7.31. The molecule has 0 aliphatic carbocycles. The first kappa shape index (κ1) is 16.6. The Kier molecular flexibility index (Phi) is 5.66. The Balaban J connectivity index is 2.08. The van der Waals surface area contributed by atoms with Crippen LogP contribution in [0.5, 0.6) is 11.5 Å². The SMILES string of the molecule is COC(=O)[C@@H](N)Cc1ccc(Oc2c(Cl)cccc2Cl)cc1. The van der Waals surface area contributed by atoms with Gasteiger partial charge in [0.05, 0.1) is 17.2 Å². The second-order valence-corrected chi connectivity index (χ2v) is 5.44. The molecule has 0 aromatic heterocycles. The predicted molar refractivity (Wildman–Crippen MR) is 86.7 cm³/mol. The summed E-state index contributed by atoms with van der Waals surface area (Å²) in [7, 11) is 1.31. The molecule has 0 saturated carbocycles. The van der Waals surface area contributed by atoms with Crippen LogP contribution in [0.2, 0.25) is 10.0 Å². The summed E-state index contributed by atoms with van der Waals surface area (Å²) in [6.07, 6.45) is 0.389. The zero-order valence-corrected chi connectivity index (χ0v) is 13.4. The second-order valence-electron chi connectivity index (χ2n) is 4.63. The minimum absolute atomic E-state index is 0.389. The van der Waals surface area contributed by atoms with Crippen molar-refractivity contribution in [1.29, 1.82) is 0 Å². The first-order chi connectivity index (χ1) is 10.5. The Bertz CT molecular complexity index is 639. The molecule has 0 spiro atoms. The molecule has 6 heteroatoms. The van der Waals surface area contributed by atoms with Crippen molar-refractivity contribution in [2.45, 2.75) is 12.5 Å². The molecule has 116 valence electrons. The summed E-state index contributed by atoms with van der Waals surface area (Å²) in [5.74, 6) is 0.554. The molecule has 2 rings (SSSR count). The van der Waals surface area contributed by atoms with Crippen LogP contribution >= 0.6 is 23.2 Å². The van der Waals surface area contributed by atoms with E-state index in [1.165, 1.54) is 7.11 Å². The Morgan fingerprint density at radius 2 is 1.73 bits per heavy atom. The minimum atomic E-state index is -0.685. The van der Waals surface area contributed by atoms with E-state index in [-0.39, 0.29) is 0 Å². The van der Waals surface area contributed by atoms with Gasteiger partial charge in [-0.2, -0.15) is 0 Å². The summed E-state index contributed by atoms with van der Waals surface area (Å²) in [6, 6.07) is 11.6. The highest BCUT2D eigenvalue weighted by Gasteiger charge is 2.14. The number of para-hydroxylation sites is 1. The van der Waals surface area contributed by atoms with Gasteiger partial charge < -0.3 is 15.2 Å². The van der Waals surface area contributed by atoms with Crippen molar-refractivity contribution in [3.05, 3.63) is 58.1 Å². The van der Waals surface area contributed by atoms with Gasteiger partial charge in [0.2, 0.25) is 0 Å². The highest BCUT2D eigenvalue weighted by Crippen LogP contribution is 2.35. The van der Waals surface area contributed by atoms with Crippen LogP contribution in [0.15, 0.2) is 42.5 Å². The lowest BCUT2D eigenvalue weighted by Crippen LogP contribution is -2.33. The molecule has 4 nitrogen and oxygen atoms in total. The van der Waals surface area contributed by atoms with Gasteiger partial charge in [-0.15, -0.1) is 0 Å². The van der Waals surface area contributed by atoms with E-state index in [2.05, 4.69) is 4.74 Å². The standard InChI is InChI=1S/C16H15Cl2NO3/c1-21-16(20)14(19)9-10-5-7-11(8-6-10)22-15-12(17)3-2-4-13(15)18/h2-8,14H,9,19H2,1H3/t14-/m0/s1. The van der Waals surface area contributed by atoms with Crippen molar-refractivity contribution in [1.82, 2.24) is 0 Å². The number of halogens is 2. The predicted octanol–water partition coefficient (Wildman–Crippen LogP) is 3.83. The van der Waals surface area contributed by atoms with Crippen LogP contribution in [0.4, 0.5) is 0 Å². The maximum absolute atomic E-state index is 11.3. The van der Waals surface area contributed by atoms with E-state index in [0.717, 1.165) is 5.56 Å². The van der Waals surface area contributed by atoms with E-state index in [0.29, 0.717) is 28.0 Å². The average molecular weight is 340 g/mol. The van der Waals surface area contributed by atoms with E-state index in [9.17, 15) is 4.79 Å². The maximum atomic E-state index is 11.3. The molecule has 0 unspecified atom stereocenters. The van der Waals surface area contributed by atoms with Crippen molar-refractivity contribution >= 4 is 29.2 Å². The fraction of sp³-hybridized carbons (Fsp3) is 0.188. The molecule has 0 fully saturated rings. The molecule has 0 radical (unpaired) electrons. The van der Waals surface area contributed by atoms with E-state index in [4.69, 9.17) is 33.7 Å². The highest BCUT2D eigenvalue weighted by atomic mass is 35.5. The lowest BCUT2D eigenvalue weighted by molar-refractivity contribution is -0.142. The third kappa shape index (κ3) is 4.13. The summed E-state index contributed by atoms with van der Waals surface area (Å²) in [5, 5.41) is 0.869. The molecular weight excluding hydrogens is 325 g/mol. The van der Waals surface area contributed by atoms with Crippen LogP contribution in [0.1, 0.15) is 5.56 Å². The fourth-order valence-corrected chi connectivity index (χ4v) is 2.35. The maximum Gasteiger partial charge on any atom is 0.322 e. The number of hydrogen-bond donors (Lipinski definition) is 1. The number of ether oxygens (including phenoxy) is 2. The molecule has 2 N–H and O–H groups in total. The van der Waals surface area contributed by atoms with Crippen molar-refractivity contribution in [3.63, 3.8) is 0 Å². The average Bonchev–Trinajstić information content (AvgIpc) is 2.51. The van der Waals surface area contributed by atoms with Gasteiger partial charge in [-0.25, -0.2) is 0 Å². The number of esters is 1. The summed E-state index contributed by atoms with van der Waals surface area (Å²) in [4.78, 5) is 11.3. The van der Waals surface area contributed by atoms with Gasteiger partial charge in [-0.3, -0.25) is 4.79 Å². The van der Waals surface area contributed by atoms with Gasteiger partial charge in [0.25, 0.3) is 0 Å². The molecule has 0 heterocycles. The number of carbonyl (C=O) groups is 1. The number of carbonyl (C=O) groups excluding carboxylic acids is 1. The topological polar surface area (TPSA) is 61.5 Å². The summed E-state index contributed by atoms with van der Waals surface area (Å²) < 4.78 is 10.3. The normalized spacial score (nSPS) is 11.8. The Hall–Kier alpha value is -1.75. The quantitative estimate of drug-likeness (QED) is 0.841. The van der Waals surface area contributed by atoms with Crippen LogP contribution in [-0.4, -0.2) is 19.1 Å².